The largest absolute Gasteiger partial charge is 0.356 e. The summed E-state index contributed by atoms with van der Waals surface area (Å²) in [5.74, 6) is 1.07. The summed E-state index contributed by atoms with van der Waals surface area (Å²) in [6.45, 7) is 2.30. The minimum Gasteiger partial charge on any atom is -0.356 e. The average Bonchev–Trinajstić information content (AvgIpc) is 2.34. The molecule has 0 aromatic rings. The maximum absolute atomic E-state index is 10.9. The van der Waals surface area contributed by atoms with E-state index in [2.05, 4.69) is 48.6 Å². The van der Waals surface area contributed by atoms with Crippen LogP contribution in [0.4, 0.5) is 0 Å². The molecular formula is C15H29NO2S2. The van der Waals surface area contributed by atoms with Gasteiger partial charge in [-0.2, -0.15) is 0 Å². The van der Waals surface area contributed by atoms with Gasteiger partial charge >= 0.3 is 0 Å². The van der Waals surface area contributed by atoms with Crippen LogP contribution in [-0.2, 0) is 8.42 Å². The van der Waals surface area contributed by atoms with Gasteiger partial charge in [0.15, 0.2) is 0 Å². The minimum absolute atomic E-state index is 0.0437. The van der Waals surface area contributed by atoms with Crippen LogP contribution in [0.15, 0.2) is 23.1 Å². The van der Waals surface area contributed by atoms with Crippen LogP contribution in [0.25, 0.3) is 0 Å². The SMILES string of the molecule is CC(=O)NCCCS(C)(C)OS(C)(C)C1=CCCC=C1. The normalized spacial score (nSPS) is 17.6. The summed E-state index contributed by atoms with van der Waals surface area (Å²) >= 11 is 0. The molecule has 0 radical (unpaired) electrons. The maximum Gasteiger partial charge on any atom is 0.216 e. The van der Waals surface area contributed by atoms with E-state index in [1.54, 1.807) is 6.92 Å². The Morgan fingerprint density at radius 3 is 2.55 bits per heavy atom. The number of rotatable bonds is 7. The highest BCUT2D eigenvalue weighted by Crippen LogP contribution is 2.62. The molecule has 1 aliphatic carbocycles. The van der Waals surface area contributed by atoms with Crippen LogP contribution in [0.2, 0.25) is 0 Å². The quantitative estimate of drug-likeness (QED) is 0.726. The summed E-state index contributed by atoms with van der Waals surface area (Å²) in [4.78, 5) is 12.2. The lowest BCUT2D eigenvalue weighted by molar-refractivity contribution is -0.118. The van der Waals surface area contributed by atoms with Crippen LogP contribution >= 0.6 is 20.6 Å². The summed E-state index contributed by atoms with van der Waals surface area (Å²) in [6.07, 6.45) is 19.0. The Morgan fingerprint density at radius 1 is 1.30 bits per heavy atom. The zero-order chi connectivity index (χ0) is 15.2. The first-order valence-corrected chi connectivity index (χ1v) is 11.9. The summed E-state index contributed by atoms with van der Waals surface area (Å²) in [5, 5.41) is 2.85. The van der Waals surface area contributed by atoms with Crippen LogP contribution in [0.5, 0.6) is 0 Å². The molecule has 0 unspecified atom stereocenters. The van der Waals surface area contributed by atoms with Crippen LogP contribution < -0.4 is 5.32 Å². The van der Waals surface area contributed by atoms with Gasteiger partial charge in [-0.1, -0.05) is 18.2 Å². The summed E-state index contributed by atoms with van der Waals surface area (Å²) in [7, 11) is -2.25. The van der Waals surface area contributed by atoms with Crippen molar-refractivity contribution in [1.29, 1.82) is 0 Å². The van der Waals surface area contributed by atoms with Gasteiger partial charge in [-0.3, -0.25) is 8.42 Å². The molecule has 0 saturated carbocycles. The van der Waals surface area contributed by atoms with Gasteiger partial charge in [0.2, 0.25) is 5.91 Å². The van der Waals surface area contributed by atoms with E-state index >= 15 is 0 Å². The van der Waals surface area contributed by atoms with E-state index < -0.39 is 20.6 Å². The molecule has 118 valence electrons. The fourth-order valence-electron chi connectivity index (χ4n) is 2.17. The Balaban J connectivity index is 2.49. The van der Waals surface area contributed by atoms with E-state index in [4.69, 9.17) is 3.63 Å². The van der Waals surface area contributed by atoms with E-state index in [1.807, 2.05) is 0 Å². The number of carbonyl (C=O) groups is 1. The lowest BCUT2D eigenvalue weighted by Gasteiger charge is -2.43. The Labute approximate surface area is 127 Å². The Bertz CT molecular complexity index is 401. The van der Waals surface area contributed by atoms with Gasteiger partial charge in [0, 0.05) is 24.1 Å². The molecule has 3 nitrogen and oxygen atoms in total. The van der Waals surface area contributed by atoms with Gasteiger partial charge in [-0.15, -0.1) is 20.6 Å². The molecule has 1 rings (SSSR count). The molecule has 5 heteroatoms. The molecule has 1 N–H and O–H groups in total. The molecule has 1 amide bonds. The van der Waals surface area contributed by atoms with E-state index in [-0.39, 0.29) is 5.91 Å². The van der Waals surface area contributed by atoms with Crippen molar-refractivity contribution in [3.63, 3.8) is 0 Å². The highest BCUT2D eigenvalue weighted by Gasteiger charge is 2.25. The maximum atomic E-state index is 10.9. The predicted octanol–water partition coefficient (Wildman–Crippen LogP) is 3.72. The molecule has 0 aromatic heterocycles. The second-order valence-electron chi connectivity index (χ2n) is 5.86. The van der Waals surface area contributed by atoms with Gasteiger partial charge in [0.1, 0.15) is 0 Å². The van der Waals surface area contributed by atoms with Crippen molar-refractivity contribution in [2.24, 2.45) is 0 Å². The van der Waals surface area contributed by atoms with E-state index in [1.165, 1.54) is 4.91 Å². The lowest BCUT2D eigenvalue weighted by atomic mass is 10.2. The molecule has 20 heavy (non-hydrogen) atoms. The highest BCUT2D eigenvalue weighted by atomic mass is 32.3. The number of amides is 1. The zero-order valence-corrected chi connectivity index (χ0v) is 15.0. The fourth-order valence-corrected chi connectivity index (χ4v) is 8.22. The Kier molecular flexibility index (Phi) is 6.69. The molecule has 0 atom stereocenters. The van der Waals surface area contributed by atoms with Crippen molar-refractivity contribution in [1.82, 2.24) is 5.32 Å². The van der Waals surface area contributed by atoms with Gasteiger partial charge in [-0.25, -0.2) is 0 Å². The third kappa shape index (κ3) is 6.37. The van der Waals surface area contributed by atoms with Crippen LogP contribution in [0.1, 0.15) is 26.2 Å². The third-order valence-corrected chi connectivity index (χ3v) is 8.61. The molecule has 0 bridgehead atoms. The second-order valence-corrected chi connectivity index (χ2v) is 12.6. The smallest absolute Gasteiger partial charge is 0.216 e. The summed E-state index contributed by atoms with van der Waals surface area (Å²) in [6, 6.07) is 0. The average molecular weight is 320 g/mol. The monoisotopic (exact) mass is 319 g/mol. The molecule has 1 aliphatic rings. The van der Waals surface area contributed by atoms with Crippen molar-refractivity contribution in [3.8, 4) is 0 Å². The molecule has 0 aliphatic heterocycles. The van der Waals surface area contributed by atoms with E-state index in [0.29, 0.717) is 0 Å². The topological polar surface area (TPSA) is 38.3 Å². The van der Waals surface area contributed by atoms with Gasteiger partial charge < -0.3 is 5.32 Å². The number of allylic oxidation sites excluding steroid dienone is 3. The molecule has 0 aromatic carbocycles. The van der Waals surface area contributed by atoms with Gasteiger partial charge in [-0.05, 0) is 44.3 Å². The van der Waals surface area contributed by atoms with Crippen molar-refractivity contribution in [3.05, 3.63) is 23.1 Å². The summed E-state index contributed by atoms with van der Waals surface area (Å²) < 4.78 is 6.51. The standard InChI is InChI=1S/C15H29NO2S2/c1-14(17)16-12-9-13-19(2,3)18-20(4,5)15-10-7-6-8-11-15/h7,10-11H,6,8-9,12-13H2,1-5H3,(H,16,17). The van der Waals surface area contributed by atoms with Crippen LogP contribution in [0, 0.1) is 0 Å². The van der Waals surface area contributed by atoms with E-state index in [0.717, 1.165) is 31.6 Å². The van der Waals surface area contributed by atoms with Gasteiger partial charge in [0.05, 0.1) is 0 Å². The molecule has 0 saturated heterocycles. The summed E-state index contributed by atoms with van der Waals surface area (Å²) in [5.41, 5.74) is 0. The third-order valence-electron chi connectivity index (χ3n) is 3.07. The number of hydrogen-bond acceptors (Lipinski definition) is 2. The van der Waals surface area contributed by atoms with Crippen molar-refractivity contribution >= 4 is 26.5 Å². The molecule has 0 fully saturated rings. The highest BCUT2D eigenvalue weighted by molar-refractivity contribution is 8.42. The first kappa shape index (κ1) is 17.7. The Hall–Kier alpha value is -0.390. The minimum atomic E-state index is -1.17. The first-order valence-electron chi connectivity index (χ1n) is 6.99. The predicted molar refractivity (Wildman–Crippen MR) is 94.6 cm³/mol. The Morgan fingerprint density at radius 2 is 2.00 bits per heavy atom. The molecule has 0 spiro atoms. The van der Waals surface area contributed by atoms with Crippen molar-refractivity contribution in [2.45, 2.75) is 26.2 Å². The second kappa shape index (κ2) is 7.57. The molecular weight excluding hydrogens is 290 g/mol. The fraction of sp³-hybridized carbons (Fsp3) is 0.667. The zero-order valence-electron chi connectivity index (χ0n) is 13.4. The first-order chi connectivity index (χ1) is 9.23. The van der Waals surface area contributed by atoms with E-state index in [9.17, 15) is 4.79 Å². The molecule has 0 heterocycles. The number of hydrogen-bond donors (Lipinski definition) is 1. The number of nitrogens with one attached hydrogen (secondary N) is 1. The van der Waals surface area contributed by atoms with Crippen LogP contribution in [-0.4, -0.2) is 43.2 Å². The lowest BCUT2D eigenvalue weighted by Crippen LogP contribution is -2.22. The van der Waals surface area contributed by atoms with Crippen molar-refractivity contribution < 1.29 is 8.42 Å². The van der Waals surface area contributed by atoms with Crippen LogP contribution in [0.3, 0.4) is 0 Å². The van der Waals surface area contributed by atoms with Crippen molar-refractivity contribution in [2.75, 3.05) is 37.3 Å². The number of carbonyl (C=O) groups excluding carboxylic acids is 1. The van der Waals surface area contributed by atoms with Gasteiger partial charge in [0.25, 0.3) is 0 Å².